The molecule has 1 heterocycles. The van der Waals surface area contributed by atoms with Crippen molar-refractivity contribution in [3.05, 3.63) is 56.3 Å². The molecule has 0 aliphatic rings. The maximum atomic E-state index is 11.9. The highest BCUT2D eigenvalue weighted by Gasteiger charge is 2.11. The fourth-order valence-corrected chi connectivity index (χ4v) is 2.28. The largest absolute Gasteiger partial charge is 0.321 e. The number of nitrogens with zero attached hydrogens (tertiary/aromatic N) is 1. The van der Waals surface area contributed by atoms with Gasteiger partial charge >= 0.3 is 0 Å². The van der Waals surface area contributed by atoms with E-state index in [1.165, 1.54) is 35.6 Å². The van der Waals surface area contributed by atoms with E-state index in [2.05, 4.69) is 5.32 Å². The lowest BCUT2D eigenvalue weighted by molar-refractivity contribution is -0.384. The first-order valence-corrected chi connectivity index (χ1v) is 6.06. The minimum absolute atomic E-state index is 0.000281. The third-order valence-electron chi connectivity index (χ3n) is 2.40. The predicted molar refractivity (Wildman–Crippen MR) is 70.1 cm³/mol. The lowest BCUT2D eigenvalue weighted by Crippen LogP contribution is -2.11. The number of nitro groups is 1. The molecule has 92 valence electrons. The predicted octanol–water partition coefficient (Wildman–Crippen LogP) is 3.22. The minimum Gasteiger partial charge on any atom is -0.321 e. The van der Waals surface area contributed by atoms with Crippen molar-refractivity contribution in [3.63, 3.8) is 0 Å². The van der Waals surface area contributed by atoms with Crippen LogP contribution in [0.3, 0.4) is 0 Å². The van der Waals surface area contributed by atoms with E-state index in [-0.39, 0.29) is 11.6 Å². The van der Waals surface area contributed by atoms with E-state index in [9.17, 15) is 14.9 Å². The van der Waals surface area contributed by atoms with Gasteiger partial charge in [0.2, 0.25) is 0 Å². The Labute approximate surface area is 107 Å². The van der Waals surface area contributed by atoms with E-state index >= 15 is 0 Å². The number of rotatable bonds is 3. The topological polar surface area (TPSA) is 72.2 Å². The number of aryl methyl sites for hydroxylation is 1. The second-order valence-electron chi connectivity index (χ2n) is 3.69. The van der Waals surface area contributed by atoms with Crippen LogP contribution >= 0.6 is 11.3 Å². The Bertz CT molecular complexity index is 590. The van der Waals surface area contributed by atoms with Gasteiger partial charge in [-0.15, -0.1) is 11.3 Å². The number of anilines is 1. The van der Waals surface area contributed by atoms with E-state index in [1.54, 1.807) is 0 Å². The van der Waals surface area contributed by atoms with Crippen LogP contribution in [0.4, 0.5) is 11.4 Å². The Hall–Kier alpha value is -2.21. The summed E-state index contributed by atoms with van der Waals surface area (Å²) in [5, 5.41) is 15.0. The summed E-state index contributed by atoms with van der Waals surface area (Å²) in [5.41, 5.74) is 1.46. The second kappa shape index (κ2) is 4.97. The summed E-state index contributed by atoms with van der Waals surface area (Å²) in [5.74, 6) is -0.198. The van der Waals surface area contributed by atoms with E-state index in [0.717, 1.165) is 5.56 Å². The minimum atomic E-state index is -0.477. The molecule has 5 nitrogen and oxygen atoms in total. The SMILES string of the molecule is Cc1ccsc1C(=O)Nc1ccc([N+](=O)[O-])cc1. The molecule has 0 saturated heterocycles. The summed E-state index contributed by atoms with van der Waals surface area (Å²) < 4.78 is 0. The van der Waals surface area contributed by atoms with Crippen molar-refractivity contribution in [2.24, 2.45) is 0 Å². The number of hydrogen-bond acceptors (Lipinski definition) is 4. The quantitative estimate of drug-likeness (QED) is 0.681. The Balaban J connectivity index is 2.13. The van der Waals surface area contributed by atoms with Crippen molar-refractivity contribution >= 4 is 28.6 Å². The molecule has 0 aliphatic heterocycles. The number of nitro benzene ring substituents is 1. The first-order valence-electron chi connectivity index (χ1n) is 5.18. The van der Waals surface area contributed by atoms with Crippen molar-refractivity contribution < 1.29 is 9.72 Å². The van der Waals surface area contributed by atoms with Gasteiger partial charge in [-0.3, -0.25) is 14.9 Å². The van der Waals surface area contributed by atoms with Crippen molar-refractivity contribution in [3.8, 4) is 0 Å². The standard InChI is InChI=1S/C12H10N2O3S/c1-8-6-7-18-11(8)12(15)13-9-2-4-10(5-3-9)14(16)17/h2-7H,1H3,(H,13,15). The smallest absolute Gasteiger partial charge is 0.269 e. The Morgan fingerprint density at radius 1 is 1.28 bits per heavy atom. The fourth-order valence-electron chi connectivity index (χ4n) is 1.46. The van der Waals surface area contributed by atoms with Crippen LogP contribution in [0.25, 0.3) is 0 Å². The molecule has 1 N–H and O–H groups in total. The van der Waals surface area contributed by atoms with Gasteiger partial charge in [0.1, 0.15) is 0 Å². The van der Waals surface area contributed by atoms with Crippen LogP contribution in [0, 0.1) is 17.0 Å². The lowest BCUT2D eigenvalue weighted by atomic mass is 10.2. The number of carbonyl (C=O) groups excluding carboxylic acids is 1. The van der Waals surface area contributed by atoms with Gasteiger partial charge in [0, 0.05) is 17.8 Å². The molecule has 0 aliphatic carbocycles. The van der Waals surface area contributed by atoms with Gasteiger partial charge in [0.15, 0.2) is 0 Å². The van der Waals surface area contributed by atoms with Crippen LogP contribution in [-0.2, 0) is 0 Å². The van der Waals surface area contributed by atoms with Gasteiger partial charge in [0.05, 0.1) is 9.80 Å². The average molecular weight is 262 g/mol. The molecular formula is C12H10N2O3S. The summed E-state index contributed by atoms with van der Waals surface area (Å²) in [7, 11) is 0. The molecule has 0 radical (unpaired) electrons. The zero-order valence-electron chi connectivity index (χ0n) is 9.54. The first-order chi connectivity index (χ1) is 8.58. The average Bonchev–Trinajstić information content (AvgIpc) is 2.76. The van der Waals surface area contributed by atoms with Crippen molar-refractivity contribution in [1.82, 2.24) is 0 Å². The fraction of sp³-hybridized carbons (Fsp3) is 0.0833. The van der Waals surface area contributed by atoms with Gasteiger partial charge in [-0.1, -0.05) is 0 Å². The van der Waals surface area contributed by atoms with Gasteiger partial charge < -0.3 is 5.32 Å². The second-order valence-corrected chi connectivity index (χ2v) is 4.61. The van der Waals surface area contributed by atoms with Crippen molar-refractivity contribution in [2.75, 3.05) is 5.32 Å². The molecule has 1 aromatic heterocycles. The number of benzene rings is 1. The van der Waals surface area contributed by atoms with Crippen LogP contribution in [0.5, 0.6) is 0 Å². The molecule has 0 unspecified atom stereocenters. The molecule has 0 bridgehead atoms. The summed E-state index contributed by atoms with van der Waals surface area (Å²) in [6.07, 6.45) is 0. The maximum absolute atomic E-state index is 11.9. The summed E-state index contributed by atoms with van der Waals surface area (Å²) in [6.45, 7) is 1.86. The van der Waals surface area contributed by atoms with Crippen LogP contribution in [-0.4, -0.2) is 10.8 Å². The molecule has 1 amide bonds. The number of nitrogens with one attached hydrogen (secondary N) is 1. The molecule has 0 fully saturated rings. The summed E-state index contributed by atoms with van der Waals surface area (Å²) >= 11 is 1.36. The third kappa shape index (κ3) is 2.54. The maximum Gasteiger partial charge on any atom is 0.269 e. The highest BCUT2D eigenvalue weighted by atomic mass is 32.1. The number of carbonyl (C=O) groups is 1. The molecule has 2 rings (SSSR count). The van der Waals surface area contributed by atoms with Crippen LogP contribution in [0.15, 0.2) is 35.7 Å². The molecular weight excluding hydrogens is 252 g/mol. The molecule has 18 heavy (non-hydrogen) atoms. The Morgan fingerprint density at radius 3 is 2.44 bits per heavy atom. The zero-order chi connectivity index (χ0) is 13.1. The van der Waals surface area contributed by atoms with Gasteiger partial charge in [0.25, 0.3) is 11.6 Å². The monoisotopic (exact) mass is 262 g/mol. The van der Waals surface area contributed by atoms with Crippen LogP contribution < -0.4 is 5.32 Å². The Morgan fingerprint density at radius 2 is 1.94 bits per heavy atom. The summed E-state index contributed by atoms with van der Waals surface area (Å²) in [4.78, 5) is 22.5. The lowest BCUT2D eigenvalue weighted by Gasteiger charge is -2.03. The highest BCUT2D eigenvalue weighted by Crippen LogP contribution is 2.19. The molecule has 0 atom stereocenters. The number of amides is 1. The molecule has 0 saturated carbocycles. The van der Waals surface area contributed by atoms with Crippen molar-refractivity contribution in [1.29, 1.82) is 0 Å². The Kier molecular flexibility index (Phi) is 3.38. The van der Waals surface area contributed by atoms with E-state index in [1.807, 2.05) is 18.4 Å². The third-order valence-corrected chi connectivity index (χ3v) is 3.42. The van der Waals surface area contributed by atoms with E-state index in [0.29, 0.717) is 10.6 Å². The molecule has 1 aromatic carbocycles. The van der Waals surface area contributed by atoms with Gasteiger partial charge in [-0.05, 0) is 36.1 Å². The molecule has 0 spiro atoms. The highest BCUT2D eigenvalue weighted by molar-refractivity contribution is 7.12. The van der Waals surface area contributed by atoms with Crippen molar-refractivity contribution in [2.45, 2.75) is 6.92 Å². The molecule has 6 heteroatoms. The number of hydrogen-bond donors (Lipinski definition) is 1. The van der Waals surface area contributed by atoms with Crippen LogP contribution in [0.1, 0.15) is 15.2 Å². The van der Waals surface area contributed by atoms with Crippen LogP contribution in [0.2, 0.25) is 0 Å². The van der Waals surface area contributed by atoms with Gasteiger partial charge in [-0.25, -0.2) is 0 Å². The normalized spacial score (nSPS) is 10.1. The summed E-state index contributed by atoms with van der Waals surface area (Å²) in [6, 6.07) is 7.61. The molecule has 2 aromatic rings. The van der Waals surface area contributed by atoms with E-state index < -0.39 is 4.92 Å². The van der Waals surface area contributed by atoms with Gasteiger partial charge in [-0.2, -0.15) is 0 Å². The van der Waals surface area contributed by atoms with E-state index in [4.69, 9.17) is 0 Å². The number of thiophene rings is 1. The first kappa shape index (κ1) is 12.3. The number of non-ortho nitro benzene ring substituents is 1. The zero-order valence-corrected chi connectivity index (χ0v) is 10.4.